The van der Waals surface area contributed by atoms with E-state index in [0.717, 1.165) is 42.5 Å². The zero-order valence-electron chi connectivity index (χ0n) is 21.7. The minimum absolute atomic E-state index is 0.639. The predicted molar refractivity (Wildman–Crippen MR) is 130 cm³/mol. The number of aldehydes is 1. The summed E-state index contributed by atoms with van der Waals surface area (Å²) in [5.74, 6) is 2.64. The molecular weight excluding hydrogens is 344 g/mol. The Labute approximate surface area is 179 Å². The molecule has 0 amide bonds. The molecule has 3 heteroatoms. The molecule has 0 spiro atoms. The maximum absolute atomic E-state index is 9.17. The van der Waals surface area contributed by atoms with Crippen LogP contribution in [0.1, 0.15) is 120 Å². The van der Waals surface area contributed by atoms with E-state index in [1.807, 2.05) is 53.8 Å². The van der Waals surface area contributed by atoms with E-state index in [4.69, 9.17) is 0 Å². The summed E-state index contributed by atoms with van der Waals surface area (Å²) < 4.78 is 0. The van der Waals surface area contributed by atoms with Gasteiger partial charge in [0, 0.05) is 18.3 Å². The van der Waals surface area contributed by atoms with Crippen LogP contribution < -0.4 is 0 Å². The number of hydrogen-bond acceptors (Lipinski definition) is 3. The normalized spacial score (nSPS) is 8.25. The molecule has 1 rings (SSSR count). The highest BCUT2D eigenvalue weighted by molar-refractivity contribution is 5.48. The van der Waals surface area contributed by atoms with Crippen LogP contribution in [0.2, 0.25) is 0 Å². The summed E-state index contributed by atoms with van der Waals surface area (Å²) in [7, 11) is 0. The minimum atomic E-state index is 0.639. The third kappa shape index (κ3) is 49.8. The second-order valence-electron chi connectivity index (χ2n) is 6.52. The number of aryl methyl sites for hydroxylation is 2. The summed E-state index contributed by atoms with van der Waals surface area (Å²) in [5, 5.41) is 0. The van der Waals surface area contributed by atoms with Crippen LogP contribution in [0.3, 0.4) is 0 Å². The zero-order valence-corrected chi connectivity index (χ0v) is 21.7. The molecule has 0 saturated heterocycles. The van der Waals surface area contributed by atoms with Crippen molar-refractivity contribution in [3.8, 4) is 0 Å². The van der Waals surface area contributed by atoms with Crippen LogP contribution in [0, 0.1) is 18.8 Å². The van der Waals surface area contributed by atoms with Gasteiger partial charge in [-0.05, 0) is 31.2 Å². The van der Waals surface area contributed by atoms with Gasteiger partial charge in [-0.3, -0.25) is 0 Å². The Bertz CT molecular complexity index is 355. The van der Waals surface area contributed by atoms with Crippen LogP contribution in [0.4, 0.5) is 0 Å². The van der Waals surface area contributed by atoms with Gasteiger partial charge in [-0.2, -0.15) is 0 Å². The van der Waals surface area contributed by atoms with Gasteiger partial charge in [-0.25, -0.2) is 9.97 Å². The Hall–Kier alpha value is -1.25. The van der Waals surface area contributed by atoms with Crippen LogP contribution in [0.15, 0.2) is 12.3 Å². The number of carbonyl (C=O) groups excluding carboxylic acids is 1. The summed E-state index contributed by atoms with van der Waals surface area (Å²) in [6.45, 7) is 27.2. The van der Waals surface area contributed by atoms with Crippen molar-refractivity contribution in [3.63, 3.8) is 0 Å². The highest BCUT2D eigenvalue weighted by Gasteiger charge is 1.91. The number of aromatic nitrogens is 2. The summed E-state index contributed by atoms with van der Waals surface area (Å²) in [4.78, 5) is 17.4. The Kier molecular flexibility index (Phi) is 49.1. The molecule has 0 N–H and O–H groups in total. The molecule has 0 aromatic carbocycles. The lowest BCUT2D eigenvalue weighted by Crippen LogP contribution is -1.92. The largest absolute Gasteiger partial charge is 0.303 e. The Morgan fingerprint density at radius 1 is 0.893 bits per heavy atom. The molecule has 0 aliphatic rings. The first-order chi connectivity index (χ1) is 13.3. The summed E-state index contributed by atoms with van der Waals surface area (Å²) in [6, 6.07) is 1.97. The summed E-state index contributed by atoms with van der Waals surface area (Å²) in [5.41, 5.74) is 1.15. The first-order valence-corrected chi connectivity index (χ1v) is 11.5. The second kappa shape index (κ2) is 36.6. The predicted octanol–water partition coefficient (Wildman–Crippen LogP) is 8.49. The van der Waals surface area contributed by atoms with E-state index in [1.54, 1.807) is 0 Å². The fourth-order valence-corrected chi connectivity index (χ4v) is 0.901. The third-order valence-electron chi connectivity index (χ3n) is 3.14. The molecule has 3 nitrogen and oxygen atoms in total. The molecule has 0 aliphatic carbocycles. The smallest absolute Gasteiger partial charge is 0.125 e. The van der Waals surface area contributed by atoms with Crippen LogP contribution in [0.25, 0.3) is 0 Å². The Morgan fingerprint density at radius 2 is 1.25 bits per heavy atom. The van der Waals surface area contributed by atoms with E-state index < -0.39 is 0 Å². The van der Waals surface area contributed by atoms with Crippen molar-refractivity contribution >= 4 is 6.29 Å². The first-order valence-electron chi connectivity index (χ1n) is 11.5. The number of hydrogen-bond donors (Lipinski definition) is 0. The lowest BCUT2D eigenvalue weighted by Gasteiger charge is -1.96. The van der Waals surface area contributed by atoms with Gasteiger partial charge in [-0.15, -0.1) is 0 Å². The van der Waals surface area contributed by atoms with Crippen molar-refractivity contribution in [1.29, 1.82) is 0 Å². The lowest BCUT2D eigenvalue weighted by molar-refractivity contribution is -0.107. The maximum atomic E-state index is 9.17. The van der Waals surface area contributed by atoms with Crippen LogP contribution in [0.5, 0.6) is 0 Å². The van der Waals surface area contributed by atoms with Gasteiger partial charge in [0.25, 0.3) is 0 Å². The minimum Gasteiger partial charge on any atom is -0.303 e. The highest BCUT2D eigenvalue weighted by Crippen LogP contribution is 1.97. The number of carbonyl (C=O) groups is 1. The molecule has 1 aromatic heterocycles. The maximum Gasteiger partial charge on any atom is 0.125 e. The average molecular weight is 399 g/mol. The SMILES string of the molecule is CC.CC.CCC(C)C.CCC(C)C.CCC=O.CCCc1ccnc(C)n1. The van der Waals surface area contributed by atoms with Gasteiger partial charge >= 0.3 is 0 Å². The van der Waals surface area contributed by atoms with E-state index >= 15 is 0 Å². The van der Waals surface area contributed by atoms with Crippen LogP contribution >= 0.6 is 0 Å². The fourth-order valence-electron chi connectivity index (χ4n) is 0.901. The topological polar surface area (TPSA) is 42.9 Å². The second-order valence-corrected chi connectivity index (χ2v) is 6.52. The van der Waals surface area contributed by atoms with Gasteiger partial charge in [-0.1, -0.05) is 102 Å². The summed E-state index contributed by atoms with van der Waals surface area (Å²) in [6.07, 6.45) is 8.15. The molecule has 0 radical (unpaired) electrons. The molecule has 0 fully saturated rings. The molecular formula is C25H54N2O. The van der Waals surface area contributed by atoms with Gasteiger partial charge in [0.1, 0.15) is 12.1 Å². The molecule has 0 saturated carbocycles. The molecule has 28 heavy (non-hydrogen) atoms. The quantitative estimate of drug-likeness (QED) is 0.467. The van der Waals surface area contributed by atoms with E-state index in [2.05, 4.69) is 58.4 Å². The van der Waals surface area contributed by atoms with E-state index in [-0.39, 0.29) is 0 Å². The van der Waals surface area contributed by atoms with Crippen molar-refractivity contribution in [2.75, 3.05) is 0 Å². The average Bonchev–Trinajstić information content (AvgIpc) is 2.72. The van der Waals surface area contributed by atoms with Gasteiger partial charge < -0.3 is 4.79 Å². The fraction of sp³-hybridized carbons (Fsp3) is 0.800. The van der Waals surface area contributed by atoms with Crippen LogP contribution in [-0.4, -0.2) is 16.3 Å². The van der Waals surface area contributed by atoms with Crippen molar-refractivity contribution in [1.82, 2.24) is 9.97 Å². The lowest BCUT2D eigenvalue weighted by atomic mass is 10.2. The van der Waals surface area contributed by atoms with Crippen molar-refractivity contribution in [3.05, 3.63) is 23.8 Å². The Balaban J connectivity index is -0.0000000847. The van der Waals surface area contributed by atoms with Crippen LogP contribution in [-0.2, 0) is 11.2 Å². The monoisotopic (exact) mass is 398 g/mol. The van der Waals surface area contributed by atoms with E-state index in [1.165, 1.54) is 12.8 Å². The standard InChI is InChI=1S/C8H12N2.2C5H12.C3H6O.2C2H6/c1-3-4-8-5-6-9-7(2)10-8;2*1-4-5(2)3;1-2-3-4;2*1-2/h5-6H,3-4H2,1-2H3;2*5H,4H2,1-3H3;3H,2H2,1H3;2*1-2H3. The summed E-state index contributed by atoms with van der Waals surface area (Å²) >= 11 is 0. The first kappa shape index (κ1) is 37.5. The van der Waals surface area contributed by atoms with Gasteiger partial charge in [0.2, 0.25) is 0 Å². The molecule has 1 aromatic rings. The van der Waals surface area contributed by atoms with E-state index in [9.17, 15) is 4.79 Å². The highest BCUT2D eigenvalue weighted by atomic mass is 16.1. The molecule has 0 aliphatic heterocycles. The van der Waals surface area contributed by atoms with Gasteiger partial charge in [0.05, 0.1) is 0 Å². The number of rotatable bonds is 5. The number of nitrogens with zero attached hydrogens (tertiary/aromatic N) is 2. The molecule has 170 valence electrons. The molecule has 0 unspecified atom stereocenters. The third-order valence-corrected chi connectivity index (χ3v) is 3.14. The molecule has 1 heterocycles. The van der Waals surface area contributed by atoms with Crippen molar-refractivity contribution in [2.45, 2.75) is 122 Å². The Morgan fingerprint density at radius 3 is 1.46 bits per heavy atom. The van der Waals surface area contributed by atoms with Crippen molar-refractivity contribution < 1.29 is 4.79 Å². The van der Waals surface area contributed by atoms with Crippen molar-refractivity contribution in [2.24, 2.45) is 11.8 Å². The van der Waals surface area contributed by atoms with E-state index in [0.29, 0.717) is 6.42 Å². The van der Waals surface area contributed by atoms with Gasteiger partial charge in [0.15, 0.2) is 0 Å². The molecule has 0 bridgehead atoms. The zero-order chi connectivity index (χ0) is 23.4. The molecule has 0 atom stereocenters.